The van der Waals surface area contributed by atoms with Crippen molar-refractivity contribution in [3.05, 3.63) is 58.6 Å². The maximum atomic E-state index is 10.7. The molecule has 1 aliphatic heterocycles. The molecule has 0 aromatic heterocycles. The summed E-state index contributed by atoms with van der Waals surface area (Å²) in [6, 6.07) is 7.01. The van der Waals surface area contributed by atoms with E-state index in [9.17, 15) is 4.79 Å². The van der Waals surface area contributed by atoms with Gasteiger partial charge in [-0.15, -0.1) is 11.8 Å². The van der Waals surface area contributed by atoms with Crippen LogP contribution in [0.15, 0.2) is 47.5 Å². The average molecular weight is 247 g/mol. The molecule has 1 heterocycles. The second-order valence-electron chi connectivity index (χ2n) is 3.64. The molecule has 0 amide bonds. The van der Waals surface area contributed by atoms with Gasteiger partial charge in [-0.25, -0.2) is 4.79 Å². The number of rotatable bonds is 4. The van der Waals surface area contributed by atoms with Crippen molar-refractivity contribution in [3.8, 4) is 0 Å². The lowest BCUT2D eigenvalue weighted by Crippen LogP contribution is -2.07. The van der Waals surface area contributed by atoms with Crippen molar-refractivity contribution < 1.29 is 9.90 Å². The summed E-state index contributed by atoms with van der Waals surface area (Å²) in [5, 5.41) is 11.9. The van der Waals surface area contributed by atoms with E-state index in [0.29, 0.717) is 5.56 Å². The van der Waals surface area contributed by atoms with E-state index in [4.69, 9.17) is 5.11 Å². The number of dihydropyridines is 1. The summed E-state index contributed by atoms with van der Waals surface area (Å²) in [4.78, 5) is 11.9. The van der Waals surface area contributed by atoms with Gasteiger partial charge in [-0.2, -0.15) is 0 Å². The molecule has 0 bridgehead atoms. The number of allylic oxidation sites excluding steroid dienone is 1. The van der Waals surface area contributed by atoms with Crippen molar-refractivity contribution in [1.82, 2.24) is 5.32 Å². The lowest BCUT2D eigenvalue weighted by Gasteiger charge is -2.08. The van der Waals surface area contributed by atoms with Gasteiger partial charge in [-0.05, 0) is 30.0 Å². The number of carboxylic acid groups (broad SMARTS) is 1. The number of thioether (sulfide) groups is 1. The fraction of sp³-hybridized carbons (Fsp3) is 0.154. The lowest BCUT2D eigenvalue weighted by molar-refractivity contribution is 0.0697. The van der Waals surface area contributed by atoms with Gasteiger partial charge in [0, 0.05) is 17.2 Å². The smallest absolute Gasteiger partial charge is 0.335 e. The maximum absolute atomic E-state index is 10.7. The first-order valence-electron chi connectivity index (χ1n) is 5.31. The van der Waals surface area contributed by atoms with E-state index in [2.05, 4.69) is 11.4 Å². The molecule has 0 saturated heterocycles. The second-order valence-corrected chi connectivity index (χ2v) is 4.69. The molecule has 17 heavy (non-hydrogen) atoms. The van der Waals surface area contributed by atoms with Crippen molar-refractivity contribution in [2.24, 2.45) is 0 Å². The largest absolute Gasteiger partial charge is 0.478 e. The van der Waals surface area contributed by atoms with Crippen LogP contribution in [0.4, 0.5) is 0 Å². The number of carboxylic acids is 1. The lowest BCUT2D eigenvalue weighted by atomic mass is 10.1. The Bertz CT molecular complexity index is 463. The molecule has 0 atom stereocenters. The predicted molar refractivity (Wildman–Crippen MR) is 69.9 cm³/mol. The molecule has 0 fully saturated rings. The fourth-order valence-corrected chi connectivity index (χ4v) is 2.35. The van der Waals surface area contributed by atoms with Gasteiger partial charge in [-0.3, -0.25) is 0 Å². The fourth-order valence-electron chi connectivity index (χ4n) is 1.45. The molecular weight excluding hydrogens is 234 g/mol. The first-order chi connectivity index (χ1) is 8.25. The molecule has 4 heteroatoms. The third kappa shape index (κ3) is 3.39. The first-order valence-corrected chi connectivity index (χ1v) is 6.29. The summed E-state index contributed by atoms with van der Waals surface area (Å²) in [5.74, 6) is -0.0241. The van der Waals surface area contributed by atoms with Gasteiger partial charge in [0.2, 0.25) is 0 Å². The monoisotopic (exact) mass is 247 g/mol. The Morgan fingerprint density at radius 2 is 2.12 bits per heavy atom. The van der Waals surface area contributed by atoms with Crippen molar-refractivity contribution in [2.45, 2.75) is 5.75 Å². The number of benzene rings is 1. The van der Waals surface area contributed by atoms with Gasteiger partial charge in [-0.1, -0.05) is 18.2 Å². The van der Waals surface area contributed by atoms with Gasteiger partial charge in [0.1, 0.15) is 0 Å². The highest BCUT2D eigenvalue weighted by molar-refractivity contribution is 8.02. The topological polar surface area (TPSA) is 49.3 Å². The molecule has 0 spiro atoms. The van der Waals surface area contributed by atoms with E-state index in [-0.39, 0.29) is 0 Å². The number of aromatic carboxylic acids is 1. The first kappa shape index (κ1) is 11.8. The van der Waals surface area contributed by atoms with E-state index in [1.54, 1.807) is 23.9 Å². The van der Waals surface area contributed by atoms with Gasteiger partial charge in [0.25, 0.3) is 0 Å². The van der Waals surface area contributed by atoms with Gasteiger partial charge in [0.15, 0.2) is 0 Å². The Balaban J connectivity index is 1.93. The van der Waals surface area contributed by atoms with Crippen molar-refractivity contribution in [3.63, 3.8) is 0 Å². The molecule has 1 aromatic rings. The Morgan fingerprint density at radius 1 is 1.35 bits per heavy atom. The molecule has 2 N–H and O–H groups in total. The van der Waals surface area contributed by atoms with Crippen molar-refractivity contribution >= 4 is 17.7 Å². The molecule has 3 nitrogen and oxygen atoms in total. The summed E-state index contributed by atoms with van der Waals surface area (Å²) in [5.41, 5.74) is 1.47. The number of hydrogen-bond acceptors (Lipinski definition) is 3. The van der Waals surface area contributed by atoms with Crippen LogP contribution in [0, 0.1) is 0 Å². The van der Waals surface area contributed by atoms with Crippen LogP contribution in [0.3, 0.4) is 0 Å². The molecule has 0 radical (unpaired) electrons. The van der Waals surface area contributed by atoms with Crippen LogP contribution in [-0.4, -0.2) is 17.6 Å². The zero-order valence-electron chi connectivity index (χ0n) is 9.22. The zero-order valence-corrected chi connectivity index (χ0v) is 10.0. The van der Waals surface area contributed by atoms with E-state index >= 15 is 0 Å². The molecule has 88 valence electrons. The van der Waals surface area contributed by atoms with Crippen LogP contribution in [0.2, 0.25) is 0 Å². The molecule has 0 aliphatic carbocycles. The number of hydrogen-bond donors (Lipinski definition) is 2. The summed E-state index contributed by atoms with van der Waals surface area (Å²) in [6.45, 7) is 0.872. The minimum Gasteiger partial charge on any atom is -0.478 e. The van der Waals surface area contributed by atoms with E-state index in [1.807, 2.05) is 24.4 Å². The van der Waals surface area contributed by atoms with Crippen LogP contribution < -0.4 is 5.32 Å². The molecule has 1 aliphatic rings. The highest BCUT2D eigenvalue weighted by Crippen LogP contribution is 2.23. The van der Waals surface area contributed by atoms with Crippen LogP contribution in [-0.2, 0) is 5.75 Å². The predicted octanol–water partition coefficient (Wildman–Crippen LogP) is 2.62. The van der Waals surface area contributed by atoms with E-state index in [1.165, 1.54) is 4.91 Å². The third-order valence-electron chi connectivity index (χ3n) is 2.39. The van der Waals surface area contributed by atoms with E-state index in [0.717, 1.165) is 17.9 Å². The summed E-state index contributed by atoms with van der Waals surface area (Å²) in [6.07, 6.45) is 6.12. The Kier molecular flexibility index (Phi) is 3.88. The normalized spacial score (nSPS) is 14.0. The van der Waals surface area contributed by atoms with Gasteiger partial charge < -0.3 is 10.4 Å². The van der Waals surface area contributed by atoms with Crippen molar-refractivity contribution in [2.75, 3.05) is 6.54 Å². The highest BCUT2D eigenvalue weighted by Gasteiger charge is 2.03. The molecule has 0 unspecified atom stereocenters. The van der Waals surface area contributed by atoms with Crippen molar-refractivity contribution in [1.29, 1.82) is 0 Å². The zero-order chi connectivity index (χ0) is 12.1. The second kappa shape index (κ2) is 5.59. The average Bonchev–Trinajstić information content (AvgIpc) is 2.38. The summed E-state index contributed by atoms with van der Waals surface area (Å²) < 4.78 is 0. The maximum Gasteiger partial charge on any atom is 0.335 e. The SMILES string of the molecule is O=C(O)c1ccc(CSC2=CCNC=C2)cc1. The van der Waals surface area contributed by atoms with Crippen LogP contribution in [0.25, 0.3) is 0 Å². The standard InChI is InChI=1S/C13H13NO2S/c15-13(16)11-3-1-10(2-4-11)9-17-12-5-7-14-8-6-12/h1-7,14H,8-9H2,(H,15,16). The minimum absolute atomic E-state index is 0.333. The van der Waals surface area contributed by atoms with Crippen LogP contribution >= 0.6 is 11.8 Å². The van der Waals surface area contributed by atoms with Crippen LogP contribution in [0.5, 0.6) is 0 Å². The van der Waals surface area contributed by atoms with E-state index < -0.39 is 5.97 Å². The molecular formula is C13H13NO2S. The Labute approximate surface area is 104 Å². The van der Waals surface area contributed by atoms with Crippen LogP contribution in [0.1, 0.15) is 15.9 Å². The quantitative estimate of drug-likeness (QED) is 0.858. The van der Waals surface area contributed by atoms with Gasteiger partial charge >= 0.3 is 5.97 Å². The summed E-state index contributed by atoms with van der Waals surface area (Å²) >= 11 is 1.75. The number of carbonyl (C=O) groups is 1. The summed E-state index contributed by atoms with van der Waals surface area (Å²) in [7, 11) is 0. The Morgan fingerprint density at radius 3 is 2.71 bits per heavy atom. The molecule has 2 rings (SSSR count). The molecule has 1 aromatic carbocycles. The highest BCUT2D eigenvalue weighted by atomic mass is 32.2. The minimum atomic E-state index is -0.881. The van der Waals surface area contributed by atoms with Gasteiger partial charge in [0.05, 0.1) is 5.56 Å². The third-order valence-corrected chi connectivity index (χ3v) is 3.51. The molecule has 0 saturated carbocycles. The Hall–Kier alpha value is -1.68. The number of nitrogens with one attached hydrogen (secondary N) is 1.